The fraction of sp³-hybridized carbons (Fsp3) is 0.200. The van der Waals surface area contributed by atoms with E-state index in [2.05, 4.69) is 58.4 Å². The number of carbonyl (C=O) groups excluding carboxylic acids is 3. The second-order valence-corrected chi connectivity index (χ2v) is 13.9. The molecule has 2 aliphatic heterocycles. The Morgan fingerprint density at radius 1 is 0.923 bits per heavy atom. The number of hydrogen-bond acceptors (Lipinski definition) is 7. The van der Waals surface area contributed by atoms with Crippen molar-refractivity contribution in [3.05, 3.63) is 110 Å². The van der Waals surface area contributed by atoms with E-state index < -0.39 is 23.8 Å². The highest BCUT2D eigenvalue weighted by molar-refractivity contribution is 9.11. The standard InChI is InChI=1S/C35H25Br2F3N8O4/c1-2-27(49)46-11-9-22-28-24(10-12-47(25(28)14-46)33(50)18-4-6-20(36)31-29(18)41-15-43-31)48(45-22)23-8-3-17(35(38,39)40)13-26(23)52-34(51)19-5-7-21(37)32-30(19)42-16-44-32/h2-8,13,15-16,25H,1,9-12,14H2,(H,41,43)(H,42,44). The molecule has 0 fully saturated rings. The monoisotopic (exact) mass is 836 g/mol. The molecule has 6 aromatic rings. The number of alkyl halides is 3. The molecule has 2 N–H and O–H groups in total. The normalized spacial score (nSPS) is 15.8. The Balaban J connectivity index is 1.24. The van der Waals surface area contributed by atoms with Gasteiger partial charge in [-0.2, -0.15) is 18.3 Å². The zero-order valence-corrected chi connectivity index (χ0v) is 30.0. The van der Waals surface area contributed by atoms with Gasteiger partial charge in [-0.3, -0.25) is 9.59 Å². The van der Waals surface area contributed by atoms with Crippen LogP contribution in [0.4, 0.5) is 13.2 Å². The molecule has 0 saturated carbocycles. The van der Waals surface area contributed by atoms with Gasteiger partial charge in [0.25, 0.3) is 5.91 Å². The molecule has 264 valence electrons. The molecular weight excluding hydrogens is 813 g/mol. The molecule has 8 rings (SSSR count). The van der Waals surface area contributed by atoms with Crippen LogP contribution in [-0.2, 0) is 23.8 Å². The molecule has 17 heteroatoms. The van der Waals surface area contributed by atoms with Crippen LogP contribution in [0, 0.1) is 0 Å². The van der Waals surface area contributed by atoms with Crippen molar-refractivity contribution in [2.24, 2.45) is 0 Å². The molecule has 0 bridgehead atoms. The Morgan fingerprint density at radius 2 is 1.60 bits per heavy atom. The average molecular weight is 838 g/mol. The third-order valence-electron chi connectivity index (χ3n) is 9.38. The number of H-pyrrole nitrogens is 2. The van der Waals surface area contributed by atoms with Gasteiger partial charge in [-0.15, -0.1) is 0 Å². The minimum atomic E-state index is -4.73. The highest BCUT2D eigenvalue weighted by Gasteiger charge is 2.41. The van der Waals surface area contributed by atoms with E-state index in [1.54, 1.807) is 28.0 Å². The number of hydrogen-bond donors (Lipinski definition) is 2. The number of nitrogens with zero attached hydrogens (tertiary/aromatic N) is 6. The van der Waals surface area contributed by atoms with Gasteiger partial charge in [0.05, 0.1) is 57.8 Å². The van der Waals surface area contributed by atoms with Crippen LogP contribution in [0.2, 0.25) is 0 Å². The largest absolute Gasteiger partial charge is 0.421 e. The van der Waals surface area contributed by atoms with E-state index in [0.717, 1.165) is 16.6 Å². The summed E-state index contributed by atoms with van der Waals surface area (Å²) in [7, 11) is 0. The first-order valence-corrected chi connectivity index (χ1v) is 17.5. The van der Waals surface area contributed by atoms with Gasteiger partial charge in [0.1, 0.15) is 16.7 Å². The van der Waals surface area contributed by atoms with Crippen molar-refractivity contribution in [2.75, 3.05) is 19.6 Å². The number of amides is 2. The molecule has 5 heterocycles. The number of imidazole rings is 2. The lowest BCUT2D eigenvalue weighted by atomic mass is 9.94. The maximum atomic E-state index is 14.3. The van der Waals surface area contributed by atoms with E-state index in [-0.39, 0.29) is 60.4 Å². The molecular formula is C35H25Br2F3N8O4. The Kier molecular flexibility index (Phi) is 8.28. The minimum Gasteiger partial charge on any atom is -0.421 e. The molecule has 0 radical (unpaired) electrons. The predicted octanol–water partition coefficient (Wildman–Crippen LogP) is 6.70. The zero-order chi connectivity index (χ0) is 36.5. The molecule has 0 saturated heterocycles. The number of halogens is 5. The number of benzene rings is 3. The average Bonchev–Trinajstić information content (AvgIpc) is 3.87. The van der Waals surface area contributed by atoms with Gasteiger partial charge < -0.3 is 24.5 Å². The lowest BCUT2D eigenvalue weighted by Gasteiger charge is -2.38. The quantitative estimate of drug-likeness (QED) is 0.112. The number of aromatic nitrogens is 6. The van der Waals surface area contributed by atoms with Crippen molar-refractivity contribution in [3.8, 4) is 11.4 Å². The van der Waals surface area contributed by atoms with Crippen LogP contribution >= 0.6 is 31.9 Å². The first-order chi connectivity index (χ1) is 24.9. The van der Waals surface area contributed by atoms with Crippen molar-refractivity contribution < 1.29 is 32.3 Å². The second kappa shape index (κ2) is 12.7. The molecule has 3 aromatic heterocycles. The summed E-state index contributed by atoms with van der Waals surface area (Å²) in [5.74, 6) is -1.91. The van der Waals surface area contributed by atoms with Crippen LogP contribution in [0.3, 0.4) is 0 Å². The predicted molar refractivity (Wildman–Crippen MR) is 189 cm³/mol. The maximum Gasteiger partial charge on any atom is 0.416 e. The van der Waals surface area contributed by atoms with Crippen LogP contribution < -0.4 is 4.74 Å². The van der Waals surface area contributed by atoms with E-state index in [4.69, 9.17) is 9.84 Å². The molecule has 2 aliphatic rings. The molecule has 1 atom stereocenters. The van der Waals surface area contributed by atoms with Gasteiger partial charge in [-0.1, -0.05) is 6.58 Å². The van der Waals surface area contributed by atoms with Crippen LogP contribution in [-0.4, -0.2) is 76.9 Å². The SMILES string of the molecule is C=CC(=O)N1CCc2nn(-c3ccc(C(F)(F)F)cc3OC(=O)c3ccc(Br)c4[nH]cnc34)c3c2C(C1)N(C(=O)c1ccc(Br)c2[nH]cnc12)CC3. The molecule has 3 aromatic carbocycles. The van der Waals surface area contributed by atoms with Gasteiger partial charge in [-0.05, 0) is 80.4 Å². The van der Waals surface area contributed by atoms with Crippen molar-refractivity contribution in [1.29, 1.82) is 0 Å². The number of rotatable bonds is 5. The van der Waals surface area contributed by atoms with E-state index in [1.165, 1.54) is 35.5 Å². The van der Waals surface area contributed by atoms with Crippen LogP contribution in [0.5, 0.6) is 5.75 Å². The summed E-state index contributed by atoms with van der Waals surface area (Å²) in [6.07, 6.45) is -0.0711. The lowest BCUT2D eigenvalue weighted by Crippen LogP contribution is -2.46. The molecule has 0 spiro atoms. The minimum absolute atomic E-state index is 0.0422. The topological polar surface area (TPSA) is 142 Å². The van der Waals surface area contributed by atoms with E-state index in [9.17, 15) is 27.6 Å². The summed E-state index contributed by atoms with van der Waals surface area (Å²) < 4.78 is 50.7. The number of ether oxygens (including phenoxy) is 1. The first-order valence-electron chi connectivity index (χ1n) is 15.9. The third kappa shape index (κ3) is 5.58. The number of aromatic amines is 2. The summed E-state index contributed by atoms with van der Waals surface area (Å²) in [5, 5.41) is 4.86. The van der Waals surface area contributed by atoms with Crippen LogP contribution in [0.25, 0.3) is 27.8 Å². The van der Waals surface area contributed by atoms with E-state index in [1.807, 2.05) is 0 Å². The third-order valence-corrected chi connectivity index (χ3v) is 10.7. The fourth-order valence-electron chi connectivity index (χ4n) is 6.96. The van der Waals surface area contributed by atoms with Gasteiger partial charge in [0, 0.05) is 47.0 Å². The second-order valence-electron chi connectivity index (χ2n) is 12.2. The molecule has 0 aliphatic carbocycles. The Hall–Kier alpha value is -5.29. The van der Waals surface area contributed by atoms with Gasteiger partial charge in [0.15, 0.2) is 5.75 Å². The number of fused-ring (bicyclic) bond motifs is 2. The Morgan fingerprint density at radius 3 is 2.27 bits per heavy atom. The van der Waals surface area contributed by atoms with E-state index in [0.29, 0.717) is 50.0 Å². The molecule has 52 heavy (non-hydrogen) atoms. The first kappa shape index (κ1) is 33.8. The smallest absolute Gasteiger partial charge is 0.416 e. The van der Waals surface area contributed by atoms with Crippen molar-refractivity contribution in [3.63, 3.8) is 0 Å². The van der Waals surface area contributed by atoms with Crippen LogP contribution in [0.15, 0.2) is 76.7 Å². The maximum absolute atomic E-state index is 14.3. The van der Waals surface area contributed by atoms with E-state index >= 15 is 0 Å². The Bertz CT molecular complexity index is 2470. The zero-order valence-electron chi connectivity index (χ0n) is 26.8. The van der Waals surface area contributed by atoms with Crippen molar-refractivity contribution in [2.45, 2.75) is 25.1 Å². The fourth-order valence-corrected chi connectivity index (χ4v) is 7.83. The van der Waals surface area contributed by atoms with Gasteiger partial charge in [0.2, 0.25) is 5.91 Å². The van der Waals surface area contributed by atoms with Gasteiger partial charge >= 0.3 is 12.1 Å². The Labute approximate surface area is 308 Å². The number of carbonyl (C=O) groups is 3. The highest BCUT2D eigenvalue weighted by atomic mass is 79.9. The number of esters is 1. The number of nitrogens with one attached hydrogen (secondary N) is 2. The summed E-state index contributed by atoms with van der Waals surface area (Å²) in [6.45, 7) is 4.21. The molecule has 1 unspecified atom stereocenters. The van der Waals surface area contributed by atoms with Gasteiger partial charge in [-0.25, -0.2) is 19.4 Å². The summed E-state index contributed by atoms with van der Waals surface area (Å²) >= 11 is 6.88. The highest BCUT2D eigenvalue weighted by Crippen LogP contribution is 2.41. The molecule has 12 nitrogen and oxygen atoms in total. The molecule has 2 amide bonds. The van der Waals surface area contributed by atoms with Crippen LogP contribution in [0.1, 0.15) is 49.3 Å². The lowest BCUT2D eigenvalue weighted by molar-refractivity contribution is -0.137. The summed E-state index contributed by atoms with van der Waals surface area (Å²) in [6, 6.07) is 8.75. The van der Waals surface area contributed by atoms with Crippen molar-refractivity contribution in [1.82, 2.24) is 39.5 Å². The summed E-state index contributed by atoms with van der Waals surface area (Å²) in [4.78, 5) is 58.7. The van der Waals surface area contributed by atoms with Crippen molar-refractivity contribution >= 4 is 71.7 Å². The summed E-state index contributed by atoms with van der Waals surface area (Å²) in [5.41, 5.74) is 3.26.